The van der Waals surface area contributed by atoms with Crippen LogP contribution in [0.25, 0.3) is 0 Å². The van der Waals surface area contributed by atoms with Crippen molar-refractivity contribution in [3.63, 3.8) is 0 Å². The number of fused-ring (bicyclic) bond motifs is 1. The molecule has 0 bridgehead atoms. The maximum atomic E-state index is 11.4. The van der Waals surface area contributed by atoms with E-state index in [1.807, 2.05) is 13.0 Å². The first kappa shape index (κ1) is 9.68. The van der Waals surface area contributed by atoms with Crippen molar-refractivity contribution in [2.45, 2.75) is 20.0 Å². The van der Waals surface area contributed by atoms with Gasteiger partial charge in [0.25, 0.3) is 0 Å². The van der Waals surface area contributed by atoms with Crippen LogP contribution in [0.4, 0.5) is 0 Å². The lowest BCUT2D eigenvalue weighted by Gasteiger charge is -2.10. The Bertz CT molecular complexity index is 320. The van der Waals surface area contributed by atoms with Crippen LogP contribution >= 0.6 is 11.3 Å². The summed E-state index contributed by atoms with van der Waals surface area (Å²) in [6.07, 6.45) is 0.916. The Morgan fingerprint density at radius 3 is 3.29 bits per heavy atom. The molecule has 0 aromatic carbocycles. The minimum atomic E-state index is -0.216. The maximum Gasteiger partial charge on any atom is 0.348 e. The van der Waals surface area contributed by atoms with Gasteiger partial charge in [0.15, 0.2) is 0 Å². The molecule has 0 unspecified atom stereocenters. The summed E-state index contributed by atoms with van der Waals surface area (Å²) in [7, 11) is 0. The maximum absolute atomic E-state index is 11.4. The van der Waals surface area contributed by atoms with Crippen LogP contribution in [-0.2, 0) is 22.5 Å². The van der Waals surface area contributed by atoms with Gasteiger partial charge in [0, 0.05) is 11.3 Å². The highest BCUT2D eigenvalue weighted by atomic mass is 32.1. The molecule has 0 N–H and O–H groups in total. The molecule has 3 nitrogen and oxygen atoms in total. The molecular weight excluding hydrogens is 200 g/mol. The number of hydrogen-bond donors (Lipinski definition) is 0. The van der Waals surface area contributed by atoms with Crippen molar-refractivity contribution in [2.24, 2.45) is 0 Å². The fraction of sp³-hybridized carbons (Fsp3) is 0.500. The van der Waals surface area contributed by atoms with E-state index >= 15 is 0 Å². The number of rotatable bonds is 2. The van der Waals surface area contributed by atoms with E-state index in [0.717, 1.165) is 18.6 Å². The zero-order valence-electron chi connectivity index (χ0n) is 8.04. The molecule has 0 amide bonds. The van der Waals surface area contributed by atoms with Crippen molar-refractivity contribution in [3.05, 3.63) is 21.4 Å². The molecule has 0 saturated carbocycles. The van der Waals surface area contributed by atoms with Crippen LogP contribution in [0.1, 0.15) is 27.0 Å². The predicted molar refractivity (Wildman–Crippen MR) is 53.6 cm³/mol. The summed E-state index contributed by atoms with van der Waals surface area (Å²) in [5.41, 5.74) is 1.14. The Hall–Kier alpha value is -0.870. The van der Waals surface area contributed by atoms with Crippen molar-refractivity contribution in [1.29, 1.82) is 0 Å². The highest BCUT2D eigenvalue weighted by Crippen LogP contribution is 2.27. The van der Waals surface area contributed by atoms with Gasteiger partial charge in [-0.1, -0.05) is 0 Å². The number of carbonyl (C=O) groups excluding carboxylic acids is 1. The van der Waals surface area contributed by atoms with Gasteiger partial charge in [-0.05, 0) is 18.6 Å². The second-order valence-electron chi connectivity index (χ2n) is 3.08. The molecule has 76 valence electrons. The smallest absolute Gasteiger partial charge is 0.348 e. The zero-order chi connectivity index (χ0) is 9.97. The summed E-state index contributed by atoms with van der Waals surface area (Å²) >= 11 is 1.53. The van der Waals surface area contributed by atoms with Gasteiger partial charge in [-0.25, -0.2) is 4.79 Å². The number of esters is 1. The first-order chi connectivity index (χ1) is 6.81. The number of carbonyl (C=O) groups is 1. The minimum Gasteiger partial charge on any atom is -0.462 e. The Kier molecular flexibility index (Phi) is 2.84. The lowest BCUT2D eigenvalue weighted by atomic mass is 10.2. The number of thiophene rings is 1. The van der Waals surface area contributed by atoms with E-state index in [4.69, 9.17) is 9.47 Å². The van der Waals surface area contributed by atoms with Gasteiger partial charge in [-0.15, -0.1) is 11.3 Å². The summed E-state index contributed by atoms with van der Waals surface area (Å²) in [4.78, 5) is 13.4. The van der Waals surface area contributed by atoms with Crippen LogP contribution < -0.4 is 0 Å². The van der Waals surface area contributed by atoms with Gasteiger partial charge < -0.3 is 9.47 Å². The Morgan fingerprint density at radius 1 is 1.71 bits per heavy atom. The van der Waals surface area contributed by atoms with Crippen molar-refractivity contribution in [3.8, 4) is 0 Å². The Labute approximate surface area is 86.6 Å². The van der Waals surface area contributed by atoms with Crippen molar-refractivity contribution in [1.82, 2.24) is 0 Å². The van der Waals surface area contributed by atoms with Crippen molar-refractivity contribution in [2.75, 3.05) is 13.2 Å². The van der Waals surface area contributed by atoms with Gasteiger partial charge in [-0.2, -0.15) is 0 Å². The standard InChI is InChI=1S/C10H12O3S/c1-2-13-10(11)9-5-7-6-12-4-3-8(7)14-9/h5H,2-4,6H2,1H3. The highest BCUT2D eigenvalue weighted by molar-refractivity contribution is 7.14. The summed E-state index contributed by atoms with van der Waals surface area (Å²) in [5.74, 6) is -0.216. The molecule has 0 aliphatic carbocycles. The van der Waals surface area contributed by atoms with E-state index in [1.54, 1.807) is 0 Å². The third-order valence-corrected chi connectivity index (χ3v) is 3.32. The van der Waals surface area contributed by atoms with Gasteiger partial charge in [0.05, 0.1) is 19.8 Å². The molecule has 1 aliphatic rings. The number of hydrogen-bond acceptors (Lipinski definition) is 4. The molecule has 0 fully saturated rings. The minimum absolute atomic E-state index is 0.216. The molecule has 2 heterocycles. The Morgan fingerprint density at radius 2 is 2.57 bits per heavy atom. The van der Waals surface area contributed by atoms with E-state index in [0.29, 0.717) is 18.1 Å². The lowest BCUT2D eigenvalue weighted by molar-refractivity contribution is 0.0532. The molecule has 2 rings (SSSR count). The number of ether oxygens (including phenoxy) is 2. The van der Waals surface area contributed by atoms with Gasteiger partial charge >= 0.3 is 5.97 Å². The third-order valence-electron chi connectivity index (χ3n) is 2.10. The summed E-state index contributed by atoms with van der Waals surface area (Å²) in [6.45, 7) is 3.63. The molecule has 4 heteroatoms. The van der Waals surface area contributed by atoms with Crippen LogP contribution in [0.2, 0.25) is 0 Å². The van der Waals surface area contributed by atoms with Crippen LogP contribution in [0.5, 0.6) is 0 Å². The topological polar surface area (TPSA) is 35.5 Å². The monoisotopic (exact) mass is 212 g/mol. The fourth-order valence-corrected chi connectivity index (χ4v) is 2.49. The summed E-state index contributed by atoms with van der Waals surface area (Å²) < 4.78 is 10.2. The van der Waals surface area contributed by atoms with Gasteiger partial charge in [0.1, 0.15) is 4.88 Å². The fourth-order valence-electron chi connectivity index (χ4n) is 1.45. The lowest BCUT2D eigenvalue weighted by Crippen LogP contribution is -2.05. The van der Waals surface area contributed by atoms with Crippen LogP contribution in [-0.4, -0.2) is 19.2 Å². The predicted octanol–water partition coefficient (Wildman–Crippen LogP) is 2.00. The van der Waals surface area contributed by atoms with Crippen molar-refractivity contribution >= 4 is 17.3 Å². The zero-order valence-corrected chi connectivity index (χ0v) is 8.86. The molecule has 1 aromatic rings. The van der Waals surface area contributed by atoms with Crippen LogP contribution in [0, 0.1) is 0 Å². The van der Waals surface area contributed by atoms with Gasteiger partial charge in [-0.3, -0.25) is 0 Å². The molecule has 0 saturated heterocycles. The van der Waals surface area contributed by atoms with Crippen LogP contribution in [0.3, 0.4) is 0 Å². The van der Waals surface area contributed by atoms with E-state index in [9.17, 15) is 4.79 Å². The highest BCUT2D eigenvalue weighted by Gasteiger charge is 2.17. The first-order valence-electron chi connectivity index (χ1n) is 4.67. The normalized spacial score (nSPS) is 14.9. The molecule has 0 atom stereocenters. The summed E-state index contributed by atoms with van der Waals surface area (Å²) in [6, 6.07) is 1.89. The van der Waals surface area contributed by atoms with E-state index in [1.165, 1.54) is 16.2 Å². The van der Waals surface area contributed by atoms with Gasteiger partial charge in [0.2, 0.25) is 0 Å². The average Bonchev–Trinajstić information content (AvgIpc) is 2.61. The molecule has 0 spiro atoms. The molecular formula is C10H12O3S. The van der Waals surface area contributed by atoms with Crippen LogP contribution in [0.15, 0.2) is 6.07 Å². The second-order valence-corrected chi connectivity index (χ2v) is 4.22. The quantitative estimate of drug-likeness (QED) is 0.703. The molecule has 1 aliphatic heterocycles. The van der Waals surface area contributed by atoms with E-state index in [2.05, 4.69) is 0 Å². The summed E-state index contributed by atoms with van der Waals surface area (Å²) in [5, 5.41) is 0. The first-order valence-corrected chi connectivity index (χ1v) is 5.49. The van der Waals surface area contributed by atoms with E-state index < -0.39 is 0 Å². The second kappa shape index (κ2) is 4.11. The molecule has 1 aromatic heterocycles. The Balaban J connectivity index is 2.19. The average molecular weight is 212 g/mol. The third kappa shape index (κ3) is 1.81. The van der Waals surface area contributed by atoms with Crippen molar-refractivity contribution < 1.29 is 14.3 Å². The van der Waals surface area contributed by atoms with E-state index in [-0.39, 0.29) is 5.97 Å². The molecule has 0 radical (unpaired) electrons. The SMILES string of the molecule is CCOC(=O)c1cc2c(s1)CCOC2. The molecule has 14 heavy (non-hydrogen) atoms. The largest absolute Gasteiger partial charge is 0.462 e.